The number of hydrazone groups is 1. The van der Waals surface area contributed by atoms with E-state index in [1.807, 2.05) is 17.5 Å². The van der Waals surface area contributed by atoms with E-state index in [9.17, 15) is 4.79 Å². The number of amides is 1. The lowest BCUT2D eigenvalue weighted by Gasteiger charge is -2.13. The maximum Gasteiger partial charge on any atom is 0.282 e. The molecule has 4 rings (SSSR count). The van der Waals surface area contributed by atoms with Gasteiger partial charge in [-0.3, -0.25) is 4.79 Å². The first-order valence-corrected chi connectivity index (χ1v) is 10.8. The number of carbonyl (C=O) groups is 1. The lowest BCUT2D eigenvalue weighted by Crippen LogP contribution is -2.21. The highest BCUT2D eigenvalue weighted by Gasteiger charge is 2.31. The summed E-state index contributed by atoms with van der Waals surface area (Å²) in [6.07, 6.45) is 1.75. The second-order valence-corrected chi connectivity index (χ2v) is 8.11. The predicted molar refractivity (Wildman–Crippen MR) is 127 cm³/mol. The van der Waals surface area contributed by atoms with E-state index in [0.717, 1.165) is 16.8 Å². The third-order valence-electron chi connectivity index (χ3n) is 4.87. The van der Waals surface area contributed by atoms with Gasteiger partial charge in [-0.2, -0.15) is 10.1 Å². The van der Waals surface area contributed by atoms with Gasteiger partial charge < -0.3 is 14.2 Å². The van der Waals surface area contributed by atoms with Crippen molar-refractivity contribution in [2.75, 3.05) is 26.3 Å². The number of rotatable bonds is 6. The van der Waals surface area contributed by atoms with E-state index in [-0.39, 0.29) is 5.91 Å². The molecule has 0 fully saturated rings. The zero-order chi connectivity index (χ0) is 22.8. The van der Waals surface area contributed by atoms with E-state index < -0.39 is 0 Å². The van der Waals surface area contributed by atoms with E-state index in [1.165, 1.54) is 16.3 Å². The topological polar surface area (TPSA) is 73.2 Å². The van der Waals surface area contributed by atoms with Crippen LogP contribution in [0.2, 0.25) is 5.02 Å². The Balaban J connectivity index is 1.65. The number of methoxy groups -OCH3 is 3. The van der Waals surface area contributed by atoms with Crippen LogP contribution in [0.4, 0.5) is 5.13 Å². The maximum atomic E-state index is 13.1. The van der Waals surface area contributed by atoms with E-state index in [0.29, 0.717) is 38.7 Å². The number of nitrogens with zero attached hydrogens (tertiary/aromatic N) is 3. The number of carbonyl (C=O) groups excluding carboxylic acids is 1. The van der Waals surface area contributed by atoms with Crippen LogP contribution in [-0.2, 0) is 4.79 Å². The molecule has 2 aromatic carbocycles. The van der Waals surface area contributed by atoms with Gasteiger partial charge in [0.05, 0.1) is 38.3 Å². The van der Waals surface area contributed by atoms with Crippen molar-refractivity contribution in [2.45, 2.75) is 6.92 Å². The van der Waals surface area contributed by atoms with Crippen molar-refractivity contribution >= 4 is 45.8 Å². The smallest absolute Gasteiger partial charge is 0.282 e. The predicted octanol–water partition coefficient (Wildman–Crippen LogP) is 5.30. The van der Waals surface area contributed by atoms with Crippen LogP contribution in [-0.4, -0.2) is 37.9 Å². The summed E-state index contributed by atoms with van der Waals surface area (Å²) in [6, 6.07) is 10.9. The number of hydrogen-bond acceptors (Lipinski definition) is 7. The minimum Gasteiger partial charge on any atom is -0.493 e. The van der Waals surface area contributed by atoms with Crippen LogP contribution >= 0.6 is 22.9 Å². The zero-order valence-electron chi connectivity index (χ0n) is 17.9. The van der Waals surface area contributed by atoms with Crippen molar-refractivity contribution < 1.29 is 19.0 Å². The SMILES string of the molecule is COc1cc(/C=C2\C(=O)N(c3nc(-c4ccc(Cl)cc4)cs3)N=C2C)cc(OC)c1OC. The molecule has 1 amide bonds. The fraction of sp³-hybridized carbons (Fsp3) is 0.174. The number of hydrogen-bond donors (Lipinski definition) is 0. The number of ether oxygens (including phenoxy) is 3. The van der Waals surface area contributed by atoms with Gasteiger partial charge in [0.2, 0.25) is 10.9 Å². The Hall–Kier alpha value is -3.36. The quantitative estimate of drug-likeness (QED) is 0.458. The van der Waals surface area contributed by atoms with Crippen molar-refractivity contribution in [1.82, 2.24) is 4.98 Å². The van der Waals surface area contributed by atoms with Gasteiger partial charge in [-0.05, 0) is 42.8 Å². The summed E-state index contributed by atoms with van der Waals surface area (Å²) in [5.74, 6) is 1.24. The molecule has 2 heterocycles. The molecule has 164 valence electrons. The number of halogens is 1. The second kappa shape index (κ2) is 9.02. The van der Waals surface area contributed by atoms with E-state index in [2.05, 4.69) is 10.1 Å². The summed E-state index contributed by atoms with van der Waals surface area (Å²) in [5.41, 5.74) is 3.44. The van der Waals surface area contributed by atoms with Gasteiger partial charge in [0.15, 0.2) is 11.5 Å². The van der Waals surface area contributed by atoms with Gasteiger partial charge in [0.25, 0.3) is 5.91 Å². The Labute approximate surface area is 194 Å². The van der Waals surface area contributed by atoms with Crippen LogP contribution in [0.3, 0.4) is 0 Å². The highest BCUT2D eigenvalue weighted by molar-refractivity contribution is 7.14. The van der Waals surface area contributed by atoms with Crippen LogP contribution in [0.5, 0.6) is 17.2 Å². The lowest BCUT2D eigenvalue weighted by molar-refractivity contribution is -0.114. The molecule has 1 aliphatic heterocycles. The number of benzene rings is 2. The first kappa shape index (κ1) is 21.9. The van der Waals surface area contributed by atoms with Crippen molar-refractivity contribution in [1.29, 1.82) is 0 Å². The van der Waals surface area contributed by atoms with Crippen molar-refractivity contribution in [2.24, 2.45) is 5.10 Å². The van der Waals surface area contributed by atoms with Crippen molar-refractivity contribution in [3.63, 3.8) is 0 Å². The summed E-state index contributed by atoms with van der Waals surface area (Å²) in [7, 11) is 4.63. The van der Waals surface area contributed by atoms with Crippen LogP contribution in [0.25, 0.3) is 17.3 Å². The first-order chi connectivity index (χ1) is 15.4. The highest BCUT2D eigenvalue weighted by Crippen LogP contribution is 2.39. The van der Waals surface area contributed by atoms with Crippen molar-refractivity contribution in [3.05, 3.63) is 57.9 Å². The normalized spacial score (nSPS) is 14.7. The van der Waals surface area contributed by atoms with Crippen LogP contribution in [0.15, 0.2) is 52.5 Å². The Morgan fingerprint density at radius 3 is 2.28 bits per heavy atom. The molecule has 7 nitrogen and oxygen atoms in total. The van der Waals surface area contributed by atoms with E-state index in [1.54, 1.807) is 58.6 Å². The first-order valence-electron chi connectivity index (χ1n) is 9.58. The van der Waals surface area contributed by atoms with Gasteiger partial charge in [0.1, 0.15) is 0 Å². The standard InChI is InChI=1S/C23H20ClN3O4S/c1-13-17(9-14-10-19(29-2)21(31-4)20(11-14)30-3)22(28)27(26-13)23-25-18(12-32-23)15-5-7-16(24)8-6-15/h5-12H,1-4H3/b17-9-. The number of aromatic nitrogens is 1. The lowest BCUT2D eigenvalue weighted by atomic mass is 10.1. The average molecular weight is 470 g/mol. The highest BCUT2D eigenvalue weighted by atomic mass is 35.5. The monoisotopic (exact) mass is 469 g/mol. The summed E-state index contributed by atoms with van der Waals surface area (Å²) in [4.78, 5) is 17.7. The molecule has 0 unspecified atom stereocenters. The molecular weight excluding hydrogens is 450 g/mol. The van der Waals surface area contributed by atoms with Gasteiger partial charge >= 0.3 is 0 Å². The number of thiazole rings is 1. The largest absolute Gasteiger partial charge is 0.493 e. The summed E-state index contributed by atoms with van der Waals surface area (Å²) in [6.45, 7) is 1.79. The maximum absolute atomic E-state index is 13.1. The van der Waals surface area contributed by atoms with Crippen LogP contribution in [0.1, 0.15) is 12.5 Å². The minimum atomic E-state index is -0.256. The Morgan fingerprint density at radius 2 is 1.69 bits per heavy atom. The third kappa shape index (κ3) is 4.06. The molecule has 1 aromatic heterocycles. The summed E-state index contributed by atoms with van der Waals surface area (Å²) < 4.78 is 16.2. The summed E-state index contributed by atoms with van der Waals surface area (Å²) in [5, 5.41) is 8.78. The Kier molecular flexibility index (Phi) is 6.16. The molecule has 0 saturated carbocycles. The fourth-order valence-corrected chi connectivity index (χ4v) is 4.19. The Morgan fingerprint density at radius 1 is 1.03 bits per heavy atom. The fourth-order valence-electron chi connectivity index (χ4n) is 3.28. The minimum absolute atomic E-state index is 0.256. The van der Waals surface area contributed by atoms with Gasteiger partial charge in [-0.1, -0.05) is 23.7 Å². The molecule has 0 aliphatic carbocycles. The van der Waals surface area contributed by atoms with E-state index >= 15 is 0 Å². The molecule has 0 bridgehead atoms. The molecule has 3 aromatic rings. The molecule has 0 saturated heterocycles. The summed E-state index contributed by atoms with van der Waals surface area (Å²) >= 11 is 7.31. The van der Waals surface area contributed by atoms with Gasteiger partial charge in [-0.15, -0.1) is 11.3 Å². The van der Waals surface area contributed by atoms with Crippen LogP contribution in [0, 0.1) is 0 Å². The molecule has 0 N–H and O–H groups in total. The van der Waals surface area contributed by atoms with Gasteiger partial charge in [-0.25, -0.2) is 4.98 Å². The molecule has 0 radical (unpaired) electrons. The molecule has 0 atom stereocenters. The average Bonchev–Trinajstić information content (AvgIpc) is 3.39. The van der Waals surface area contributed by atoms with E-state index in [4.69, 9.17) is 25.8 Å². The third-order valence-corrected chi connectivity index (χ3v) is 5.94. The Bertz CT molecular complexity index is 1210. The second-order valence-electron chi connectivity index (χ2n) is 6.84. The molecule has 32 heavy (non-hydrogen) atoms. The molecule has 9 heteroatoms. The number of anilines is 1. The zero-order valence-corrected chi connectivity index (χ0v) is 19.5. The molecule has 1 aliphatic rings. The van der Waals surface area contributed by atoms with Crippen LogP contribution < -0.4 is 19.2 Å². The molecule has 0 spiro atoms. The van der Waals surface area contributed by atoms with Gasteiger partial charge in [0, 0.05) is 16.0 Å². The van der Waals surface area contributed by atoms with Crippen molar-refractivity contribution in [3.8, 4) is 28.5 Å². The molecular formula is C23H20ClN3O4S.